The molecular formula is C19H19N3OS. The second-order valence-electron chi connectivity index (χ2n) is 5.86. The summed E-state index contributed by atoms with van der Waals surface area (Å²) in [6, 6.07) is 16.4. The number of thiazole rings is 1. The minimum atomic E-state index is 0.211. The average Bonchev–Trinajstić information content (AvgIpc) is 3.23. The van der Waals surface area contributed by atoms with Crippen molar-refractivity contribution in [2.24, 2.45) is 5.73 Å². The fourth-order valence-electron chi connectivity index (χ4n) is 3.19. The molecule has 3 aromatic rings. The highest BCUT2D eigenvalue weighted by Crippen LogP contribution is 2.37. The van der Waals surface area contributed by atoms with E-state index in [-0.39, 0.29) is 6.04 Å². The fraction of sp³-hybridized carbons (Fsp3) is 0.211. The van der Waals surface area contributed by atoms with E-state index in [9.17, 15) is 0 Å². The topological polar surface area (TPSA) is 51.4 Å². The number of nitrogens with two attached hydrogens (primary N) is 1. The molecule has 0 fully saturated rings. The van der Waals surface area contributed by atoms with Crippen molar-refractivity contribution < 1.29 is 4.74 Å². The lowest BCUT2D eigenvalue weighted by Gasteiger charge is -2.22. The number of hydrogen-bond acceptors (Lipinski definition) is 5. The highest BCUT2D eigenvalue weighted by atomic mass is 32.1. The van der Waals surface area contributed by atoms with Crippen LogP contribution < -0.4 is 10.5 Å². The lowest BCUT2D eigenvalue weighted by atomic mass is 10.0. The fourth-order valence-corrected chi connectivity index (χ4v) is 3.83. The first kappa shape index (κ1) is 15.3. The average molecular weight is 337 g/mol. The van der Waals surface area contributed by atoms with E-state index in [1.165, 1.54) is 11.1 Å². The molecule has 0 radical (unpaired) electrons. The van der Waals surface area contributed by atoms with Gasteiger partial charge >= 0.3 is 0 Å². The zero-order chi connectivity index (χ0) is 16.4. The van der Waals surface area contributed by atoms with Gasteiger partial charge < -0.3 is 10.5 Å². The maximum atomic E-state index is 6.07. The van der Waals surface area contributed by atoms with E-state index >= 15 is 0 Å². The first-order chi connectivity index (χ1) is 11.8. The van der Waals surface area contributed by atoms with Crippen LogP contribution in [-0.4, -0.2) is 16.4 Å². The van der Waals surface area contributed by atoms with Crippen LogP contribution in [0.25, 0.3) is 0 Å². The van der Waals surface area contributed by atoms with Crippen molar-refractivity contribution in [2.75, 3.05) is 6.54 Å². The van der Waals surface area contributed by atoms with Gasteiger partial charge in [0.25, 0.3) is 0 Å². The molecule has 2 N–H and O–H groups in total. The molecule has 0 saturated carbocycles. The van der Waals surface area contributed by atoms with Gasteiger partial charge in [-0.1, -0.05) is 24.3 Å². The lowest BCUT2D eigenvalue weighted by Crippen LogP contribution is -2.27. The van der Waals surface area contributed by atoms with Crippen LogP contribution in [0, 0.1) is 0 Å². The van der Waals surface area contributed by atoms with Crippen molar-refractivity contribution >= 4 is 11.3 Å². The molecule has 0 spiro atoms. The number of para-hydroxylation sites is 1. The first-order valence-corrected chi connectivity index (χ1v) is 8.89. The standard InChI is InChI=1S/C19H19N3OS/c20-11-18-17-10-16(23-15-4-2-1-3-5-15)7-6-14(17)12-22(18)13-19-21-8-9-24-19/h1-10,18H,11-13,20H2. The maximum Gasteiger partial charge on any atom is 0.127 e. The largest absolute Gasteiger partial charge is 0.457 e. The van der Waals surface area contributed by atoms with Crippen molar-refractivity contribution in [3.63, 3.8) is 0 Å². The molecule has 4 nitrogen and oxygen atoms in total. The molecule has 0 aliphatic carbocycles. The van der Waals surface area contributed by atoms with Crippen molar-refractivity contribution in [2.45, 2.75) is 19.1 Å². The Balaban J connectivity index is 1.56. The summed E-state index contributed by atoms with van der Waals surface area (Å²) in [7, 11) is 0. The van der Waals surface area contributed by atoms with Crippen LogP contribution in [0.3, 0.4) is 0 Å². The summed E-state index contributed by atoms with van der Waals surface area (Å²) in [5, 5.41) is 3.14. The minimum absolute atomic E-state index is 0.211. The number of hydrogen-bond donors (Lipinski definition) is 1. The molecule has 24 heavy (non-hydrogen) atoms. The summed E-state index contributed by atoms with van der Waals surface area (Å²) in [6.45, 7) is 2.33. The Morgan fingerprint density at radius 3 is 2.79 bits per heavy atom. The summed E-state index contributed by atoms with van der Waals surface area (Å²) >= 11 is 1.69. The van der Waals surface area contributed by atoms with Gasteiger partial charge in [-0.05, 0) is 35.4 Å². The number of rotatable bonds is 5. The Labute approximate surface area is 145 Å². The van der Waals surface area contributed by atoms with Crippen molar-refractivity contribution in [3.05, 3.63) is 76.2 Å². The van der Waals surface area contributed by atoms with E-state index in [1.807, 2.05) is 48.0 Å². The maximum absolute atomic E-state index is 6.07. The second kappa shape index (κ2) is 6.73. The smallest absolute Gasteiger partial charge is 0.127 e. The van der Waals surface area contributed by atoms with Gasteiger partial charge in [0, 0.05) is 30.7 Å². The van der Waals surface area contributed by atoms with Crippen molar-refractivity contribution in [1.29, 1.82) is 0 Å². The first-order valence-electron chi connectivity index (χ1n) is 8.01. The van der Waals surface area contributed by atoms with Gasteiger partial charge in [-0.2, -0.15) is 0 Å². The zero-order valence-electron chi connectivity index (χ0n) is 13.3. The Hall–Kier alpha value is -2.21. The van der Waals surface area contributed by atoms with Gasteiger partial charge in [0.05, 0.1) is 6.54 Å². The van der Waals surface area contributed by atoms with Gasteiger partial charge in [-0.15, -0.1) is 11.3 Å². The Morgan fingerprint density at radius 1 is 1.17 bits per heavy atom. The van der Waals surface area contributed by atoms with Crippen molar-refractivity contribution in [1.82, 2.24) is 9.88 Å². The molecule has 1 aromatic heterocycles. The third-order valence-corrected chi connectivity index (χ3v) is 5.08. The molecule has 4 rings (SSSR count). The van der Waals surface area contributed by atoms with Crippen molar-refractivity contribution in [3.8, 4) is 11.5 Å². The summed E-state index contributed by atoms with van der Waals surface area (Å²) < 4.78 is 5.97. The summed E-state index contributed by atoms with van der Waals surface area (Å²) in [4.78, 5) is 6.78. The van der Waals surface area contributed by atoms with Crippen LogP contribution >= 0.6 is 11.3 Å². The van der Waals surface area contributed by atoms with Gasteiger partial charge in [0.15, 0.2) is 0 Å². The van der Waals surface area contributed by atoms with E-state index in [4.69, 9.17) is 10.5 Å². The Bertz CT molecular complexity index is 805. The van der Waals surface area contributed by atoms with Crippen LogP contribution in [0.2, 0.25) is 0 Å². The summed E-state index contributed by atoms with van der Waals surface area (Å²) in [6.07, 6.45) is 1.85. The predicted octanol–water partition coefficient (Wildman–Crippen LogP) is 3.95. The van der Waals surface area contributed by atoms with E-state index < -0.39 is 0 Å². The number of nitrogens with zero attached hydrogens (tertiary/aromatic N) is 2. The third kappa shape index (κ3) is 3.06. The normalized spacial score (nSPS) is 17.0. The molecule has 0 amide bonds. The number of ether oxygens (including phenoxy) is 1. The number of fused-ring (bicyclic) bond motifs is 1. The van der Waals surface area contributed by atoms with Gasteiger partial charge in [0.2, 0.25) is 0 Å². The minimum Gasteiger partial charge on any atom is -0.457 e. The highest BCUT2D eigenvalue weighted by molar-refractivity contribution is 7.09. The van der Waals surface area contributed by atoms with E-state index in [0.717, 1.165) is 29.6 Å². The molecule has 5 heteroatoms. The van der Waals surface area contributed by atoms with E-state index in [2.05, 4.69) is 22.0 Å². The van der Waals surface area contributed by atoms with Gasteiger partial charge in [0.1, 0.15) is 16.5 Å². The molecule has 0 bridgehead atoms. The van der Waals surface area contributed by atoms with Crippen LogP contribution in [0.5, 0.6) is 11.5 Å². The molecule has 1 aliphatic heterocycles. The zero-order valence-corrected chi connectivity index (χ0v) is 14.1. The molecule has 0 saturated heterocycles. The Kier molecular flexibility index (Phi) is 4.30. The highest BCUT2D eigenvalue weighted by Gasteiger charge is 2.30. The van der Waals surface area contributed by atoms with Crippen LogP contribution in [0.15, 0.2) is 60.1 Å². The quantitative estimate of drug-likeness (QED) is 0.766. The van der Waals surface area contributed by atoms with Crippen LogP contribution in [-0.2, 0) is 13.1 Å². The monoisotopic (exact) mass is 337 g/mol. The SMILES string of the molecule is NCC1c2cc(Oc3ccccc3)ccc2CN1Cc1nccs1. The van der Waals surface area contributed by atoms with Crippen LogP contribution in [0.1, 0.15) is 22.2 Å². The predicted molar refractivity (Wildman–Crippen MR) is 96.1 cm³/mol. The summed E-state index contributed by atoms with van der Waals surface area (Å²) in [5.74, 6) is 1.70. The molecule has 2 aromatic carbocycles. The lowest BCUT2D eigenvalue weighted by molar-refractivity contribution is 0.210. The summed E-state index contributed by atoms with van der Waals surface area (Å²) in [5.41, 5.74) is 8.66. The van der Waals surface area contributed by atoms with E-state index in [0.29, 0.717) is 6.54 Å². The Morgan fingerprint density at radius 2 is 2.04 bits per heavy atom. The molecule has 2 heterocycles. The number of aromatic nitrogens is 1. The molecule has 1 aliphatic rings. The second-order valence-corrected chi connectivity index (χ2v) is 6.84. The molecule has 122 valence electrons. The van der Waals surface area contributed by atoms with E-state index in [1.54, 1.807) is 11.3 Å². The van der Waals surface area contributed by atoms with Gasteiger partial charge in [-0.25, -0.2) is 4.98 Å². The van der Waals surface area contributed by atoms with Gasteiger partial charge in [-0.3, -0.25) is 4.90 Å². The van der Waals surface area contributed by atoms with Crippen LogP contribution in [0.4, 0.5) is 0 Å². The third-order valence-electron chi connectivity index (χ3n) is 4.31. The molecular weight excluding hydrogens is 318 g/mol. The molecule has 1 atom stereocenters. The molecule has 1 unspecified atom stereocenters. The number of benzene rings is 2.